The van der Waals surface area contributed by atoms with E-state index in [0.29, 0.717) is 10.7 Å². The molecule has 144 valence electrons. The molecule has 4 nitrogen and oxygen atoms in total. The number of phenolic OH excluding ortho intramolecular Hbond substituents is 1. The first-order chi connectivity index (χ1) is 13.3. The zero-order valence-electron chi connectivity index (χ0n) is 15.4. The second-order valence-electron chi connectivity index (χ2n) is 6.82. The van der Waals surface area contributed by atoms with Gasteiger partial charge in [-0.2, -0.15) is 0 Å². The molecule has 0 spiro atoms. The topological polar surface area (TPSA) is 58.6 Å². The molecule has 28 heavy (non-hydrogen) atoms. The normalized spacial score (nSPS) is 11.1. The predicted molar refractivity (Wildman–Crippen MR) is 113 cm³/mol. The molecule has 3 aromatic rings. The van der Waals surface area contributed by atoms with Crippen LogP contribution in [0.3, 0.4) is 0 Å². The number of ether oxygens (including phenoxy) is 1. The van der Waals surface area contributed by atoms with Crippen molar-refractivity contribution >= 4 is 35.0 Å². The van der Waals surface area contributed by atoms with Crippen LogP contribution < -0.4 is 10.1 Å². The van der Waals surface area contributed by atoms with Crippen LogP contribution in [0.1, 0.15) is 25.0 Å². The molecule has 0 saturated heterocycles. The minimum Gasteiger partial charge on any atom is -0.506 e. The lowest BCUT2D eigenvalue weighted by Crippen LogP contribution is -2.20. The van der Waals surface area contributed by atoms with Gasteiger partial charge in [0.25, 0.3) is 0 Å². The molecular weight excluding hydrogens is 397 g/mol. The minimum absolute atomic E-state index is 0.0347. The van der Waals surface area contributed by atoms with Crippen LogP contribution in [0.4, 0.5) is 10.5 Å². The SMILES string of the molecule is CC(C)(c1ccc(O)c(Cl)c1)c1ccc(OC(=O)Nc2ccccc2)c(Cl)c1. The first-order valence-electron chi connectivity index (χ1n) is 8.60. The van der Waals surface area contributed by atoms with Crippen molar-refractivity contribution in [2.75, 3.05) is 5.32 Å². The summed E-state index contributed by atoms with van der Waals surface area (Å²) in [6.07, 6.45) is -0.620. The van der Waals surface area contributed by atoms with Gasteiger partial charge >= 0.3 is 6.09 Å². The van der Waals surface area contributed by atoms with E-state index >= 15 is 0 Å². The quantitative estimate of drug-likeness (QED) is 0.502. The number of halogens is 2. The fraction of sp³-hybridized carbons (Fsp3) is 0.136. The number of carbonyl (C=O) groups is 1. The van der Waals surface area contributed by atoms with Crippen LogP contribution in [0.25, 0.3) is 0 Å². The van der Waals surface area contributed by atoms with Gasteiger partial charge in [-0.05, 0) is 47.5 Å². The van der Waals surface area contributed by atoms with E-state index < -0.39 is 11.5 Å². The molecule has 0 aliphatic rings. The average molecular weight is 416 g/mol. The molecule has 0 saturated carbocycles. The molecule has 0 aliphatic carbocycles. The van der Waals surface area contributed by atoms with E-state index in [2.05, 4.69) is 5.32 Å². The lowest BCUT2D eigenvalue weighted by atomic mass is 9.78. The van der Waals surface area contributed by atoms with Crippen molar-refractivity contribution in [3.63, 3.8) is 0 Å². The molecule has 1 amide bonds. The summed E-state index contributed by atoms with van der Waals surface area (Å²) in [7, 11) is 0. The number of phenols is 1. The first kappa shape index (κ1) is 20.1. The molecule has 0 fully saturated rings. The number of hydrogen-bond acceptors (Lipinski definition) is 3. The van der Waals surface area contributed by atoms with Crippen LogP contribution >= 0.6 is 23.2 Å². The predicted octanol–water partition coefficient (Wildman–Crippen LogP) is 6.64. The van der Waals surface area contributed by atoms with Crippen molar-refractivity contribution < 1.29 is 14.6 Å². The highest BCUT2D eigenvalue weighted by molar-refractivity contribution is 6.32. The Morgan fingerprint density at radius 1 is 0.929 bits per heavy atom. The Bertz CT molecular complexity index is 1000. The Labute approximate surface area is 173 Å². The molecule has 0 bridgehead atoms. The van der Waals surface area contributed by atoms with Crippen molar-refractivity contribution in [3.05, 3.63) is 87.9 Å². The number of nitrogens with one attached hydrogen (secondary N) is 1. The second-order valence-corrected chi connectivity index (χ2v) is 7.63. The number of carbonyl (C=O) groups excluding carboxylic acids is 1. The fourth-order valence-electron chi connectivity index (χ4n) is 2.80. The molecule has 2 N–H and O–H groups in total. The first-order valence-corrected chi connectivity index (χ1v) is 9.36. The van der Waals surface area contributed by atoms with Gasteiger partial charge in [-0.1, -0.05) is 67.4 Å². The van der Waals surface area contributed by atoms with Crippen LogP contribution in [-0.4, -0.2) is 11.2 Å². The Hall–Kier alpha value is -2.69. The van der Waals surface area contributed by atoms with E-state index in [0.717, 1.165) is 11.1 Å². The molecular formula is C22H19Cl2NO3. The van der Waals surface area contributed by atoms with Crippen molar-refractivity contribution in [2.24, 2.45) is 0 Å². The van der Waals surface area contributed by atoms with E-state index in [4.69, 9.17) is 27.9 Å². The maximum absolute atomic E-state index is 12.1. The fourth-order valence-corrected chi connectivity index (χ4v) is 3.20. The van der Waals surface area contributed by atoms with E-state index in [-0.39, 0.29) is 16.5 Å². The Morgan fingerprint density at radius 3 is 2.14 bits per heavy atom. The molecule has 0 radical (unpaired) electrons. The number of amides is 1. The maximum Gasteiger partial charge on any atom is 0.417 e. The molecule has 0 aliphatic heterocycles. The number of anilines is 1. The lowest BCUT2D eigenvalue weighted by molar-refractivity contribution is 0.215. The third-order valence-corrected chi connectivity index (χ3v) is 5.14. The zero-order valence-corrected chi connectivity index (χ0v) is 16.9. The average Bonchev–Trinajstić information content (AvgIpc) is 2.66. The number of rotatable bonds is 4. The molecule has 3 rings (SSSR count). The minimum atomic E-state index is -0.620. The summed E-state index contributed by atoms with van der Waals surface area (Å²) < 4.78 is 5.32. The monoisotopic (exact) mass is 415 g/mol. The van der Waals surface area contributed by atoms with E-state index in [1.807, 2.05) is 44.2 Å². The van der Waals surface area contributed by atoms with Crippen molar-refractivity contribution in [1.29, 1.82) is 0 Å². The summed E-state index contributed by atoms with van der Waals surface area (Å²) in [6, 6.07) is 19.4. The van der Waals surface area contributed by atoms with Crippen LogP contribution in [-0.2, 0) is 5.41 Å². The van der Waals surface area contributed by atoms with Gasteiger partial charge in [-0.15, -0.1) is 0 Å². The highest BCUT2D eigenvalue weighted by Crippen LogP contribution is 2.38. The van der Waals surface area contributed by atoms with Crippen LogP contribution in [0.15, 0.2) is 66.7 Å². The summed E-state index contributed by atoms with van der Waals surface area (Å²) in [4.78, 5) is 12.1. The molecule has 0 unspecified atom stereocenters. The standard InChI is InChI=1S/C22H19Cl2NO3/c1-22(2,14-8-10-19(26)17(23)12-14)15-9-11-20(18(24)13-15)28-21(27)25-16-6-4-3-5-7-16/h3-13,26H,1-2H3,(H,25,27). The van der Waals surface area contributed by atoms with Crippen LogP contribution in [0, 0.1) is 0 Å². The van der Waals surface area contributed by atoms with Crippen molar-refractivity contribution in [1.82, 2.24) is 0 Å². The van der Waals surface area contributed by atoms with E-state index in [1.165, 1.54) is 0 Å². The Kier molecular flexibility index (Phi) is 5.82. The smallest absolute Gasteiger partial charge is 0.417 e. The largest absolute Gasteiger partial charge is 0.506 e. The summed E-state index contributed by atoms with van der Waals surface area (Å²) in [5, 5.41) is 12.9. The van der Waals surface area contributed by atoms with Gasteiger partial charge in [0.15, 0.2) is 5.75 Å². The molecule has 6 heteroatoms. The van der Waals surface area contributed by atoms with E-state index in [9.17, 15) is 9.90 Å². The van der Waals surface area contributed by atoms with Crippen LogP contribution in [0.5, 0.6) is 11.5 Å². The second kappa shape index (κ2) is 8.13. The van der Waals surface area contributed by atoms with Crippen molar-refractivity contribution in [2.45, 2.75) is 19.3 Å². The number of hydrogen-bond donors (Lipinski definition) is 2. The maximum atomic E-state index is 12.1. The summed E-state index contributed by atoms with van der Waals surface area (Å²) >= 11 is 12.4. The lowest BCUT2D eigenvalue weighted by Gasteiger charge is -2.27. The molecule has 0 atom stereocenters. The third kappa shape index (κ3) is 4.41. The zero-order chi connectivity index (χ0) is 20.3. The van der Waals surface area contributed by atoms with Gasteiger partial charge < -0.3 is 9.84 Å². The van der Waals surface area contributed by atoms with Gasteiger partial charge in [0, 0.05) is 11.1 Å². The van der Waals surface area contributed by atoms with E-state index in [1.54, 1.807) is 36.4 Å². The van der Waals surface area contributed by atoms with Gasteiger partial charge in [-0.25, -0.2) is 4.79 Å². The van der Waals surface area contributed by atoms with Gasteiger partial charge in [0.1, 0.15) is 5.75 Å². The Morgan fingerprint density at radius 2 is 1.54 bits per heavy atom. The molecule has 0 heterocycles. The number of para-hydroxylation sites is 1. The van der Waals surface area contributed by atoms with Gasteiger partial charge in [0.2, 0.25) is 0 Å². The third-order valence-electron chi connectivity index (χ3n) is 4.55. The summed E-state index contributed by atoms with van der Waals surface area (Å²) in [6.45, 7) is 4.04. The highest BCUT2D eigenvalue weighted by Gasteiger charge is 2.25. The number of aromatic hydroxyl groups is 1. The van der Waals surface area contributed by atoms with Gasteiger partial charge in [0.05, 0.1) is 10.0 Å². The molecule has 3 aromatic carbocycles. The van der Waals surface area contributed by atoms with Gasteiger partial charge in [-0.3, -0.25) is 5.32 Å². The summed E-state index contributed by atoms with van der Waals surface area (Å²) in [5.41, 5.74) is 2.04. The Balaban J connectivity index is 1.79. The number of benzene rings is 3. The summed E-state index contributed by atoms with van der Waals surface area (Å²) in [5.74, 6) is 0.297. The van der Waals surface area contributed by atoms with Crippen LogP contribution in [0.2, 0.25) is 10.0 Å². The molecule has 0 aromatic heterocycles. The highest BCUT2D eigenvalue weighted by atomic mass is 35.5. The van der Waals surface area contributed by atoms with Crippen molar-refractivity contribution in [3.8, 4) is 11.5 Å².